The molecule has 0 spiro atoms. The van der Waals surface area contributed by atoms with Crippen molar-refractivity contribution in [1.29, 1.82) is 0 Å². The minimum absolute atomic E-state index is 0.287. The van der Waals surface area contributed by atoms with Crippen molar-refractivity contribution in [2.75, 3.05) is 0 Å². The van der Waals surface area contributed by atoms with Gasteiger partial charge in [-0.3, -0.25) is 9.59 Å². The molecule has 0 aliphatic rings. The lowest BCUT2D eigenvalue weighted by Gasteiger charge is -2.04. The average molecular weight is 266 g/mol. The Balaban J connectivity index is 1.94. The fourth-order valence-corrected chi connectivity index (χ4v) is 1.83. The Hall–Kier alpha value is -3.02. The first-order chi connectivity index (χ1) is 9.75. The number of nitrogens with zero attached hydrogens (tertiary/aromatic N) is 4. The number of carbonyl (C=O) groups excluding carboxylic acids is 2. The van der Waals surface area contributed by atoms with E-state index in [2.05, 4.69) is 10.2 Å². The molecule has 0 saturated heterocycles. The summed E-state index contributed by atoms with van der Waals surface area (Å²) in [6.07, 6.45) is 6.17. The summed E-state index contributed by atoms with van der Waals surface area (Å²) in [5, 5.41) is 7.76. The van der Waals surface area contributed by atoms with Crippen LogP contribution in [0.15, 0.2) is 61.2 Å². The third-order valence-corrected chi connectivity index (χ3v) is 2.78. The van der Waals surface area contributed by atoms with Gasteiger partial charge in [0.25, 0.3) is 11.8 Å². The maximum absolute atomic E-state index is 12.1. The van der Waals surface area contributed by atoms with Crippen molar-refractivity contribution >= 4 is 11.8 Å². The minimum Gasteiger partial charge on any atom is -0.267 e. The van der Waals surface area contributed by atoms with Gasteiger partial charge in [-0.2, -0.15) is 10.2 Å². The Labute approximate surface area is 114 Å². The lowest BCUT2D eigenvalue weighted by Crippen LogP contribution is -2.16. The third-order valence-electron chi connectivity index (χ3n) is 2.78. The van der Waals surface area contributed by atoms with Crippen LogP contribution in [0.25, 0.3) is 0 Å². The zero-order valence-electron chi connectivity index (χ0n) is 10.4. The van der Waals surface area contributed by atoms with Crippen molar-refractivity contribution in [3.8, 4) is 0 Å². The molecule has 0 atom stereocenters. The molecular weight excluding hydrogens is 256 g/mol. The number of hydrogen-bond acceptors (Lipinski definition) is 4. The fourth-order valence-electron chi connectivity index (χ4n) is 1.83. The van der Waals surface area contributed by atoms with E-state index >= 15 is 0 Å². The maximum atomic E-state index is 12.1. The molecule has 1 aromatic carbocycles. The highest BCUT2D eigenvalue weighted by Gasteiger charge is 2.13. The molecule has 3 rings (SSSR count). The van der Waals surface area contributed by atoms with Gasteiger partial charge in [0.1, 0.15) is 0 Å². The summed E-state index contributed by atoms with van der Waals surface area (Å²) in [5.74, 6) is -0.574. The molecule has 98 valence electrons. The van der Waals surface area contributed by atoms with Crippen LogP contribution in [-0.2, 0) is 0 Å². The van der Waals surface area contributed by atoms with Gasteiger partial charge in [0, 0.05) is 35.9 Å². The molecule has 2 heterocycles. The van der Waals surface area contributed by atoms with E-state index in [-0.39, 0.29) is 11.8 Å². The molecule has 0 N–H and O–H groups in total. The summed E-state index contributed by atoms with van der Waals surface area (Å²) in [7, 11) is 0. The monoisotopic (exact) mass is 266 g/mol. The van der Waals surface area contributed by atoms with Crippen LogP contribution in [-0.4, -0.2) is 31.4 Å². The molecule has 6 nitrogen and oxygen atoms in total. The number of aromatic nitrogens is 4. The normalized spacial score (nSPS) is 10.4. The highest BCUT2D eigenvalue weighted by molar-refractivity contribution is 6.00. The van der Waals surface area contributed by atoms with Gasteiger partial charge in [-0.05, 0) is 30.3 Å². The Kier molecular flexibility index (Phi) is 2.96. The first-order valence-corrected chi connectivity index (χ1v) is 5.94. The molecule has 0 unspecified atom stereocenters. The summed E-state index contributed by atoms with van der Waals surface area (Å²) in [4.78, 5) is 24.3. The molecule has 2 aromatic heterocycles. The second kappa shape index (κ2) is 4.93. The molecule has 0 radical (unpaired) electrons. The van der Waals surface area contributed by atoms with Crippen molar-refractivity contribution in [2.45, 2.75) is 0 Å². The van der Waals surface area contributed by atoms with E-state index in [1.54, 1.807) is 42.7 Å². The molecular formula is C14H10N4O2. The molecule has 3 aromatic rings. The third kappa shape index (κ3) is 2.14. The number of rotatable bonds is 2. The topological polar surface area (TPSA) is 69.8 Å². The molecule has 0 amide bonds. The van der Waals surface area contributed by atoms with E-state index in [9.17, 15) is 9.59 Å². The van der Waals surface area contributed by atoms with E-state index in [1.807, 2.05) is 0 Å². The van der Waals surface area contributed by atoms with E-state index < -0.39 is 0 Å². The summed E-state index contributed by atoms with van der Waals surface area (Å²) >= 11 is 0. The Morgan fingerprint density at radius 2 is 1.30 bits per heavy atom. The largest absolute Gasteiger partial charge is 0.278 e. The standard InChI is InChI=1S/C14H10N4O2/c19-13(17-8-2-6-15-17)11-4-1-5-12(10-11)14(20)18-9-3-7-16-18/h1-10H. The van der Waals surface area contributed by atoms with Crippen molar-refractivity contribution in [3.05, 3.63) is 72.3 Å². The predicted molar refractivity (Wildman–Crippen MR) is 70.4 cm³/mol. The van der Waals surface area contributed by atoms with Crippen LogP contribution in [0, 0.1) is 0 Å². The zero-order chi connectivity index (χ0) is 13.9. The lowest BCUT2D eigenvalue weighted by molar-refractivity contribution is 0.0945. The summed E-state index contributed by atoms with van der Waals surface area (Å²) < 4.78 is 2.44. The van der Waals surface area contributed by atoms with E-state index in [4.69, 9.17) is 0 Å². The van der Waals surface area contributed by atoms with Crippen LogP contribution in [0.1, 0.15) is 20.7 Å². The van der Waals surface area contributed by atoms with E-state index in [1.165, 1.54) is 27.8 Å². The summed E-state index contributed by atoms with van der Waals surface area (Å²) in [6, 6.07) is 9.81. The van der Waals surface area contributed by atoms with Gasteiger partial charge in [-0.1, -0.05) is 6.07 Å². The maximum Gasteiger partial charge on any atom is 0.278 e. The SMILES string of the molecule is O=C(c1cccc(C(=O)n2cccn2)c1)n1cccn1. The van der Waals surface area contributed by atoms with Crippen molar-refractivity contribution in [1.82, 2.24) is 19.6 Å². The quantitative estimate of drug-likeness (QED) is 0.704. The smallest absolute Gasteiger partial charge is 0.267 e. The molecule has 6 heteroatoms. The second-order valence-corrected chi connectivity index (χ2v) is 4.09. The predicted octanol–water partition coefficient (Wildman–Crippen LogP) is 1.46. The summed E-state index contributed by atoms with van der Waals surface area (Å²) in [5.41, 5.74) is 0.790. The Morgan fingerprint density at radius 3 is 1.70 bits per heavy atom. The highest BCUT2D eigenvalue weighted by atomic mass is 16.2. The van der Waals surface area contributed by atoms with Crippen molar-refractivity contribution < 1.29 is 9.59 Å². The van der Waals surface area contributed by atoms with Crippen molar-refractivity contribution in [2.24, 2.45) is 0 Å². The summed E-state index contributed by atoms with van der Waals surface area (Å²) in [6.45, 7) is 0. The molecule has 0 fully saturated rings. The Bertz CT molecular complexity index is 684. The highest BCUT2D eigenvalue weighted by Crippen LogP contribution is 2.09. The van der Waals surface area contributed by atoms with Crippen LogP contribution < -0.4 is 0 Å². The van der Waals surface area contributed by atoms with Gasteiger partial charge in [0.05, 0.1) is 0 Å². The van der Waals surface area contributed by atoms with E-state index in [0.717, 1.165) is 0 Å². The molecule has 0 aliphatic heterocycles. The van der Waals surface area contributed by atoms with Gasteiger partial charge < -0.3 is 0 Å². The molecule has 0 saturated carbocycles. The van der Waals surface area contributed by atoms with Crippen molar-refractivity contribution in [3.63, 3.8) is 0 Å². The average Bonchev–Trinajstić information content (AvgIpc) is 3.18. The van der Waals surface area contributed by atoms with Gasteiger partial charge in [-0.15, -0.1) is 0 Å². The van der Waals surface area contributed by atoms with Gasteiger partial charge >= 0.3 is 0 Å². The van der Waals surface area contributed by atoms with Crippen LogP contribution in [0.3, 0.4) is 0 Å². The fraction of sp³-hybridized carbons (Fsp3) is 0. The second-order valence-electron chi connectivity index (χ2n) is 4.09. The van der Waals surface area contributed by atoms with Gasteiger partial charge in [0.15, 0.2) is 0 Å². The van der Waals surface area contributed by atoms with Crippen LogP contribution in [0.5, 0.6) is 0 Å². The van der Waals surface area contributed by atoms with E-state index in [0.29, 0.717) is 11.1 Å². The Morgan fingerprint density at radius 1 is 0.800 bits per heavy atom. The van der Waals surface area contributed by atoms with Crippen LogP contribution >= 0.6 is 0 Å². The minimum atomic E-state index is -0.287. The van der Waals surface area contributed by atoms with Gasteiger partial charge in [-0.25, -0.2) is 9.36 Å². The first kappa shape index (κ1) is 12.0. The van der Waals surface area contributed by atoms with Gasteiger partial charge in [0.2, 0.25) is 0 Å². The molecule has 0 aliphatic carbocycles. The number of hydrogen-bond donors (Lipinski definition) is 0. The molecule has 20 heavy (non-hydrogen) atoms. The number of carbonyl (C=O) groups is 2. The first-order valence-electron chi connectivity index (χ1n) is 5.94. The number of benzene rings is 1. The molecule has 0 bridgehead atoms. The zero-order valence-corrected chi connectivity index (χ0v) is 10.4. The van der Waals surface area contributed by atoms with Crippen LogP contribution in [0.4, 0.5) is 0 Å². The lowest BCUT2D eigenvalue weighted by atomic mass is 10.1. The van der Waals surface area contributed by atoms with Crippen LogP contribution in [0.2, 0.25) is 0 Å².